The van der Waals surface area contributed by atoms with Crippen molar-refractivity contribution >= 4 is 17.9 Å². The first kappa shape index (κ1) is 19.8. The predicted octanol–water partition coefficient (Wildman–Crippen LogP) is 4.36. The van der Waals surface area contributed by atoms with Crippen LogP contribution in [0.5, 0.6) is 0 Å². The van der Waals surface area contributed by atoms with Crippen molar-refractivity contribution in [2.45, 2.75) is 91.2 Å². The minimum absolute atomic E-state index is 0.135. The molecule has 172 valence electrons. The number of esters is 3. The summed E-state index contributed by atoms with van der Waals surface area (Å²) < 4.78 is 34.6. The minimum Gasteiger partial charge on any atom is -0.465 e. The van der Waals surface area contributed by atoms with Gasteiger partial charge in [-0.1, -0.05) is 18.6 Å². The SMILES string of the molecule is [2H][C@H](OC(C)=O)[C@]12CCC(OC(C)=O)CC1=CC[C@@H]1[C@@H]2CC[C@@]2(C)[C@H]1CC[C@]2([2H])OC(C)=O. The summed E-state index contributed by atoms with van der Waals surface area (Å²) in [6.07, 6.45) is 6.22. The van der Waals surface area contributed by atoms with Crippen molar-refractivity contribution in [2.24, 2.45) is 28.6 Å². The summed E-state index contributed by atoms with van der Waals surface area (Å²) in [5.74, 6) is -0.630. The maximum atomic E-state index is 11.9. The van der Waals surface area contributed by atoms with Crippen molar-refractivity contribution in [2.75, 3.05) is 6.58 Å². The van der Waals surface area contributed by atoms with Crippen LogP contribution < -0.4 is 0 Å². The molecule has 0 N–H and O–H groups in total. The van der Waals surface area contributed by atoms with Gasteiger partial charge in [0, 0.05) is 38.0 Å². The molecule has 4 aliphatic rings. The van der Waals surface area contributed by atoms with Crippen LogP contribution >= 0.6 is 0 Å². The third-order valence-corrected chi connectivity index (χ3v) is 8.40. The minimum atomic E-state index is -1.23. The van der Waals surface area contributed by atoms with Crippen LogP contribution in [0.4, 0.5) is 0 Å². The lowest BCUT2D eigenvalue weighted by molar-refractivity contribution is -0.160. The predicted molar refractivity (Wildman–Crippen MR) is 114 cm³/mol. The topological polar surface area (TPSA) is 78.9 Å². The van der Waals surface area contributed by atoms with Crippen molar-refractivity contribution in [3.05, 3.63) is 11.6 Å². The Balaban J connectivity index is 1.69. The van der Waals surface area contributed by atoms with Gasteiger partial charge in [-0.3, -0.25) is 14.4 Å². The average Bonchev–Trinajstić information content (AvgIpc) is 2.96. The molecule has 0 spiro atoms. The summed E-state index contributed by atoms with van der Waals surface area (Å²) in [7, 11) is 0. The largest absolute Gasteiger partial charge is 0.465 e. The molecular formula is C25H36O6. The Kier molecular flexibility index (Phi) is 5.27. The van der Waals surface area contributed by atoms with Crippen molar-refractivity contribution in [1.82, 2.24) is 0 Å². The van der Waals surface area contributed by atoms with E-state index in [1.807, 2.05) is 0 Å². The lowest BCUT2D eigenvalue weighted by atomic mass is 9.47. The molecule has 0 aromatic carbocycles. The van der Waals surface area contributed by atoms with E-state index in [1.165, 1.54) is 20.8 Å². The number of hydrogen-bond donors (Lipinski definition) is 0. The second-order valence-corrected chi connectivity index (χ2v) is 10.1. The normalized spacial score (nSPS) is 45.5. The van der Waals surface area contributed by atoms with Gasteiger partial charge >= 0.3 is 17.9 Å². The van der Waals surface area contributed by atoms with E-state index in [-0.39, 0.29) is 29.8 Å². The van der Waals surface area contributed by atoms with Crippen molar-refractivity contribution in [3.8, 4) is 0 Å². The summed E-state index contributed by atoms with van der Waals surface area (Å²) >= 11 is 0. The lowest BCUT2D eigenvalue weighted by Crippen LogP contribution is -2.54. The highest BCUT2D eigenvalue weighted by Gasteiger charge is 2.61. The molecular weight excluding hydrogens is 396 g/mol. The van der Waals surface area contributed by atoms with Crippen LogP contribution in [0.1, 0.15) is 81.8 Å². The van der Waals surface area contributed by atoms with Crippen LogP contribution in [0, 0.1) is 28.6 Å². The fourth-order valence-electron chi connectivity index (χ4n) is 7.19. The first-order valence-corrected chi connectivity index (χ1v) is 11.6. The average molecular weight is 435 g/mol. The highest BCUT2D eigenvalue weighted by atomic mass is 16.5. The lowest BCUT2D eigenvalue weighted by Gasteiger charge is -2.58. The van der Waals surface area contributed by atoms with Gasteiger partial charge in [0.05, 0.1) is 2.74 Å². The van der Waals surface area contributed by atoms with Gasteiger partial charge in [-0.2, -0.15) is 0 Å². The van der Waals surface area contributed by atoms with Gasteiger partial charge in [0.2, 0.25) is 0 Å². The van der Waals surface area contributed by atoms with Crippen LogP contribution in [0.15, 0.2) is 11.6 Å². The molecule has 0 radical (unpaired) electrons. The molecule has 6 nitrogen and oxygen atoms in total. The quantitative estimate of drug-likeness (QED) is 0.372. The van der Waals surface area contributed by atoms with Crippen molar-refractivity contribution in [1.29, 1.82) is 0 Å². The van der Waals surface area contributed by atoms with Crippen molar-refractivity contribution < 1.29 is 31.3 Å². The van der Waals surface area contributed by atoms with Gasteiger partial charge in [0.1, 0.15) is 18.8 Å². The molecule has 4 aliphatic carbocycles. The van der Waals surface area contributed by atoms with Crippen LogP contribution in [0.25, 0.3) is 0 Å². The first-order valence-electron chi connectivity index (χ1n) is 12.7. The van der Waals surface area contributed by atoms with Gasteiger partial charge in [0.15, 0.2) is 0 Å². The zero-order valence-electron chi connectivity index (χ0n) is 21.1. The zero-order valence-corrected chi connectivity index (χ0v) is 19.1. The van der Waals surface area contributed by atoms with E-state index in [4.69, 9.17) is 17.0 Å². The molecule has 3 saturated carbocycles. The molecule has 0 aliphatic heterocycles. The molecule has 0 heterocycles. The Labute approximate surface area is 187 Å². The van der Waals surface area contributed by atoms with Crippen LogP contribution in [0.2, 0.25) is 0 Å². The number of hydrogen-bond acceptors (Lipinski definition) is 6. The molecule has 4 rings (SSSR count). The second-order valence-electron chi connectivity index (χ2n) is 10.1. The fourth-order valence-corrected chi connectivity index (χ4v) is 7.19. The Hall–Kier alpha value is -1.85. The summed E-state index contributed by atoms with van der Waals surface area (Å²) in [4.78, 5) is 35.2. The first-order chi connectivity index (χ1) is 15.4. The molecule has 3 fully saturated rings. The standard InChI is InChI=1S/C25H36O6/c1-15(26)29-14-25-12-9-19(30-16(2)27)13-18(25)5-6-20-21-7-8-23(31-17(3)28)24(21,4)11-10-22(20)25/h5,19-23H,6-14H2,1-4H3/t19?,20-,21-,22-,23-,24-,25+/m0/s1/i14D,23D/t14-,19?,20-,21-,22-,23-,24-,25+. The van der Waals surface area contributed by atoms with E-state index >= 15 is 0 Å². The molecule has 0 aromatic rings. The van der Waals surface area contributed by atoms with Gasteiger partial charge in [-0.25, -0.2) is 0 Å². The highest BCUT2D eigenvalue weighted by molar-refractivity contribution is 5.67. The van der Waals surface area contributed by atoms with Crippen LogP contribution in [0.3, 0.4) is 0 Å². The molecule has 6 heteroatoms. The fraction of sp³-hybridized carbons (Fsp3) is 0.800. The third kappa shape index (κ3) is 3.91. The molecule has 0 aromatic heterocycles. The number of carbonyl (C=O) groups is 3. The number of ether oxygens (including phenoxy) is 3. The zero-order chi connectivity index (χ0) is 24.2. The number of fused-ring (bicyclic) bond motifs is 5. The second kappa shape index (κ2) is 8.25. The van der Waals surface area contributed by atoms with E-state index in [9.17, 15) is 14.4 Å². The number of rotatable bonds is 4. The molecule has 0 amide bonds. The van der Waals surface area contributed by atoms with Gasteiger partial charge < -0.3 is 14.2 Å². The summed E-state index contributed by atoms with van der Waals surface area (Å²) in [6.45, 7) is 5.19. The molecule has 8 atom stereocenters. The highest BCUT2D eigenvalue weighted by Crippen LogP contribution is 2.65. The van der Waals surface area contributed by atoms with E-state index in [0.29, 0.717) is 25.7 Å². The van der Waals surface area contributed by atoms with E-state index in [1.54, 1.807) is 0 Å². The maximum absolute atomic E-state index is 11.9. The van der Waals surface area contributed by atoms with Crippen molar-refractivity contribution in [3.63, 3.8) is 0 Å². The maximum Gasteiger partial charge on any atom is 0.302 e. The van der Waals surface area contributed by atoms with Crippen LogP contribution in [-0.4, -0.2) is 36.7 Å². The monoisotopic (exact) mass is 434 g/mol. The Bertz CT molecular complexity index is 873. The molecule has 31 heavy (non-hydrogen) atoms. The smallest absolute Gasteiger partial charge is 0.302 e. The van der Waals surface area contributed by atoms with Crippen LogP contribution in [-0.2, 0) is 28.6 Å². The summed E-state index contributed by atoms with van der Waals surface area (Å²) in [6, 6.07) is 0. The van der Waals surface area contributed by atoms with E-state index in [2.05, 4.69) is 13.0 Å². The van der Waals surface area contributed by atoms with E-state index < -0.39 is 35.4 Å². The molecule has 1 unspecified atom stereocenters. The Morgan fingerprint density at radius 1 is 1.03 bits per heavy atom. The Morgan fingerprint density at radius 2 is 1.77 bits per heavy atom. The van der Waals surface area contributed by atoms with E-state index in [0.717, 1.165) is 31.3 Å². The Morgan fingerprint density at radius 3 is 2.45 bits per heavy atom. The summed E-state index contributed by atoms with van der Waals surface area (Å²) in [5.41, 5.74) is 0.0166. The van der Waals surface area contributed by atoms with Gasteiger partial charge in [-0.05, 0) is 62.7 Å². The van der Waals surface area contributed by atoms with Gasteiger partial charge in [0.25, 0.3) is 0 Å². The molecule has 0 saturated heterocycles. The summed E-state index contributed by atoms with van der Waals surface area (Å²) in [5, 5.41) is 0. The van der Waals surface area contributed by atoms with Gasteiger partial charge in [-0.15, -0.1) is 0 Å². The number of allylic oxidation sites excluding steroid dienone is 1. The molecule has 0 bridgehead atoms. The number of carbonyl (C=O) groups excluding carboxylic acids is 3. The third-order valence-electron chi connectivity index (χ3n) is 8.40.